The van der Waals surface area contributed by atoms with Gasteiger partial charge in [-0.05, 0) is 66.1 Å². The summed E-state index contributed by atoms with van der Waals surface area (Å²) in [5.74, 6) is -0.860. The first-order valence-corrected chi connectivity index (χ1v) is 10.3. The number of aromatic nitrogens is 3. The summed E-state index contributed by atoms with van der Waals surface area (Å²) in [4.78, 5) is 17.9. The van der Waals surface area contributed by atoms with Crippen LogP contribution in [0.2, 0.25) is 0 Å². The highest BCUT2D eigenvalue weighted by Crippen LogP contribution is 2.30. The summed E-state index contributed by atoms with van der Waals surface area (Å²) in [6.45, 7) is 3.18. The van der Waals surface area contributed by atoms with Gasteiger partial charge in [0.05, 0.1) is 11.2 Å². The maximum atomic E-state index is 14.4. The van der Waals surface area contributed by atoms with Crippen molar-refractivity contribution in [3.05, 3.63) is 77.2 Å². The Labute approximate surface area is 181 Å². The van der Waals surface area contributed by atoms with Crippen molar-refractivity contribution in [1.82, 2.24) is 20.6 Å². The van der Waals surface area contributed by atoms with E-state index in [9.17, 15) is 14.3 Å². The normalized spacial score (nSPS) is 11.6. The Hall–Kier alpha value is -3.30. The smallest absolute Gasteiger partial charge is 0.254 e. The van der Waals surface area contributed by atoms with Gasteiger partial charge < -0.3 is 10.4 Å². The standard InChI is InChI=1S/C22H19FN4O3S/c1-22(2,29)14-6-5-13(17(23)10-14)12-25-20(28)16-4-3-9-24-21(16)31-15-7-8-18-19(11-15)27-30-26-18/h3-11,29H,12H2,1-2H3,(H,25,28). The SMILES string of the molecule is CC(C)(O)c1ccc(CNC(=O)c2cccnc2Sc2ccc3nonc3c2)c(F)c1. The van der Waals surface area contributed by atoms with Crippen molar-refractivity contribution in [2.75, 3.05) is 0 Å². The molecule has 0 saturated heterocycles. The Morgan fingerprint density at radius 3 is 2.74 bits per heavy atom. The van der Waals surface area contributed by atoms with E-state index >= 15 is 0 Å². The number of pyridine rings is 1. The molecule has 0 spiro atoms. The third-order valence-electron chi connectivity index (χ3n) is 4.65. The highest BCUT2D eigenvalue weighted by Gasteiger charge is 2.19. The molecule has 9 heteroatoms. The second-order valence-corrected chi connectivity index (χ2v) is 8.48. The van der Waals surface area contributed by atoms with Crippen LogP contribution in [0.3, 0.4) is 0 Å². The third kappa shape index (κ3) is 4.73. The van der Waals surface area contributed by atoms with Crippen LogP contribution in [-0.4, -0.2) is 26.3 Å². The van der Waals surface area contributed by atoms with Crippen molar-refractivity contribution >= 4 is 28.7 Å². The van der Waals surface area contributed by atoms with Crippen LogP contribution in [0.4, 0.5) is 4.39 Å². The molecular formula is C22H19FN4O3S. The molecule has 1 amide bonds. The van der Waals surface area contributed by atoms with Crippen LogP contribution in [0.5, 0.6) is 0 Å². The third-order valence-corrected chi connectivity index (χ3v) is 5.66. The Morgan fingerprint density at radius 2 is 1.97 bits per heavy atom. The molecule has 7 nitrogen and oxygen atoms in total. The van der Waals surface area contributed by atoms with E-state index in [2.05, 4.69) is 20.6 Å². The van der Waals surface area contributed by atoms with Crippen LogP contribution in [0.1, 0.15) is 35.3 Å². The summed E-state index contributed by atoms with van der Waals surface area (Å²) < 4.78 is 19.1. The van der Waals surface area contributed by atoms with Gasteiger partial charge in [-0.1, -0.05) is 23.9 Å². The molecule has 0 saturated carbocycles. The van der Waals surface area contributed by atoms with Crippen LogP contribution < -0.4 is 5.32 Å². The fraction of sp³-hybridized carbons (Fsp3) is 0.182. The molecule has 0 bridgehead atoms. The number of rotatable bonds is 6. The molecule has 4 rings (SSSR count). The first kappa shape index (κ1) is 21.0. The lowest BCUT2D eigenvalue weighted by Crippen LogP contribution is -2.24. The monoisotopic (exact) mass is 438 g/mol. The number of halogens is 1. The van der Waals surface area contributed by atoms with E-state index in [0.29, 0.717) is 32.7 Å². The van der Waals surface area contributed by atoms with Gasteiger partial charge in [-0.25, -0.2) is 14.0 Å². The van der Waals surface area contributed by atoms with Gasteiger partial charge in [-0.15, -0.1) is 0 Å². The van der Waals surface area contributed by atoms with Crippen LogP contribution in [0.25, 0.3) is 11.0 Å². The van der Waals surface area contributed by atoms with E-state index in [-0.39, 0.29) is 12.5 Å². The van der Waals surface area contributed by atoms with Crippen molar-refractivity contribution in [2.45, 2.75) is 35.9 Å². The molecule has 0 unspecified atom stereocenters. The lowest BCUT2D eigenvalue weighted by molar-refractivity contribution is 0.0781. The second kappa shape index (κ2) is 8.44. The van der Waals surface area contributed by atoms with Gasteiger partial charge in [0.15, 0.2) is 0 Å². The predicted octanol–water partition coefficient (Wildman–Crippen LogP) is 4.07. The summed E-state index contributed by atoms with van der Waals surface area (Å²) in [6, 6.07) is 13.2. The van der Waals surface area contributed by atoms with Crippen molar-refractivity contribution in [3.8, 4) is 0 Å². The molecule has 0 aliphatic heterocycles. The molecule has 0 aliphatic rings. The maximum absolute atomic E-state index is 14.4. The van der Waals surface area contributed by atoms with Gasteiger partial charge in [-0.2, -0.15) is 0 Å². The number of benzene rings is 2. The Morgan fingerprint density at radius 1 is 1.16 bits per heavy atom. The average Bonchev–Trinajstić information content (AvgIpc) is 3.20. The van der Waals surface area contributed by atoms with Crippen molar-refractivity contribution in [1.29, 1.82) is 0 Å². The Bertz CT molecular complexity index is 1250. The molecule has 0 radical (unpaired) electrons. The fourth-order valence-corrected chi connectivity index (χ4v) is 3.84. The first-order chi connectivity index (χ1) is 14.8. The predicted molar refractivity (Wildman–Crippen MR) is 113 cm³/mol. The number of amides is 1. The Balaban J connectivity index is 1.49. The maximum Gasteiger partial charge on any atom is 0.254 e. The van der Waals surface area contributed by atoms with E-state index < -0.39 is 11.4 Å². The topological polar surface area (TPSA) is 101 Å². The van der Waals surface area contributed by atoms with Gasteiger partial charge in [-0.3, -0.25) is 4.79 Å². The summed E-state index contributed by atoms with van der Waals surface area (Å²) in [5.41, 5.74) is 1.26. The number of carbonyl (C=O) groups excluding carboxylic acids is 1. The molecule has 2 heterocycles. The average molecular weight is 438 g/mol. The largest absolute Gasteiger partial charge is 0.386 e. The molecule has 0 aliphatic carbocycles. The van der Waals surface area contributed by atoms with Crippen LogP contribution >= 0.6 is 11.8 Å². The molecule has 2 N–H and O–H groups in total. The van der Waals surface area contributed by atoms with Crippen LogP contribution in [-0.2, 0) is 12.1 Å². The van der Waals surface area contributed by atoms with Crippen molar-refractivity contribution in [2.24, 2.45) is 0 Å². The molecule has 2 aromatic carbocycles. The van der Waals surface area contributed by atoms with E-state index in [1.54, 1.807) is 56.4 Å². The van der Waals surface area contributed by atoms with Crippen molar-refractivity contribution < 1.29 is 18.9 Å². The summed E-state index contributed by atoms with van der Waals surface area (Å²) >= 11 is 1.31. The second-order valence-electron chi connectivity index (χ2n) is 7.42. The van der Waals surface area contributed by atoms with Gasteiger partial charge >= 0.3 is 0 Å². The summed E-state index contributed by atoms with van der Waals surface area (Å²) in [7, 11) is 0. The molecular weight excluding hydrogens is 419 g/mol. The number of carbonyl (C=O) groups is 1. The number of nitrogens with zero attached hydrogens (tertiary/aromatic N) is 3. The highest BCUT2D eigenvalue weighted by molar-refractivity contribution is 7.99. The molecule has 0 atom stereocenters. The van der Waals surface area contributed by atoms with Gasteiger partial charge in [0.2, 0.25) is 0 Å². The Kier molecular flexibility index (Phi) is 5.71. The zero-order valence-electron chi connectivity index (χ0n) is 16.8. The fourth-order valence-electron chi connectivity index (χ4n) is 2.92. The van der Waals surface area contributed by atoms with Crippen LogP contribution in [0.15, 0.2) is 69.3 Å². The number of nitrogens with one attached hydrogen (secondary N) is 1. The minimum Gasteiger partial charge on any atom is -0.386 e. The van der Waals surface area contributed by atoms with E-state index in [0.717, 1.165) is 4.90 Å². The minimum atomic E-state index is -1.14. The zero-order chi connectivity index (χ0) is 22.0. The van der Waals surface area contributed by atoms with Gasteiger partial charge in [0.1, 0.15) is 21.9 Å². The van der Waals surface area contributed by atoms with E-state index in [1.807, 2.05) is 6.07 Å². The molecule has 31 heavy (non-hydrogen) atoms. The number of fused-ring (bicyclic) bond motifs is 1. The lowest BCUT2D eigenvalue weighted by atomic mass is 9.97. The number of aliphatic hydroxyl groups is 1. The summed E-state index contributed by atoms with van der Waals surface area (Å²) in [5, 5.41) is 20.8. The molecule has 2 aromatic heterocycles. The quantitative estimate of drug-likeness (QED) is 0.468. The van der Waals surface area contributed by atoms with E-state index in [1.165, 1.54) is 17.8 Å². The van der Waals surface area contributed by atoms with Gasteiger partial charge in [0, 0.05) is 23.2 Å². The number of hydrogen-bond donors (Lipinski definition) is 2. The minimum absolute atomic E-state index is 0.00632. The molecule has 0 fully saturated rings. The molecule has 4 aromatic rings. The van der Waals surface area contributed by atoms with Crippen molar-refractivity contribution in [3.63, 3.8) is 0 Å². The number of hydrogen-bond acceptors (Lipinski definition) is 7. The zero-order valence-corrected chi connectivity index (χ0v) is 17.6. The molecule has 158 valence electrons. The lowest BCUT2D eigenvalue weighted by Gasteiger charge is -2.18. The van der Waals surface area contributed by atoms with Gasteiger partial charge in [0.25, 0.3) is 5.91 Å². The van der Waals surface area contributed by atoms with E-state index in [4.69, 9.17) is 4.63 Å². The highest BCUT2D eigenvalue weighted by atomic mass is 32.2. The first-order valence-electron chi connectivity index (χ1n) is 9.46. The summed E-state index contributed by atoms with van der Waals surface area (Å²) in [6.07, 6.45) is 1.60. The van der Waals surface area contributed by atoms with Crippen LogP contribution in [0, 0.1) is 5.82 Å².